The maximum absolute atomic E-state index is 12.6. The number of ether oxygens (including phenoxy) is 1. The van der Waals surface area contributed by atoms with Gasteiger partial charge < -0.3 is 19.4 Å². The average molecular weight is 281 g/mol. The number of aryl methyl sites for hydroxylation is 2. The molecule has 1 N–H and O–H groups in total. The number of carbonyl (C=O) groups excluding carboxylic acids is 1. The number of carbonyl (C=O) groups is 1. The Bertz CT molecular complexity index is 453. The zero-order chi connectivity index (χ0) is 14.5. The highest BCUT2D eigenvalue weighted by Crippen LogP contribution is 2.14. The topological polar surface area (TPSA) is 67.6 Å². The Kier molecular flexibility index (Phi) is 5.14. The van der Waals surface area contributed by atoms with Crippen LogP contribution in [0, 0.1) is 13.8 Å². The number of oxazole rings is 1. The van der Waals surface area contributed by atoms with Gasteiger partial charge in [0.25, 0.3) is 5.91 Å². The molecule has 2 heterocycles. The SMILES string of the molecule is COCCN(CC1CCCN1)C(=O)c1oc(C)nc1C. The Morgan fingerprint density at radius 2 is 2.35 bits per heavy atom. The summed E-state index contributed by atoms with van der Waals surface area (Å²) < 4.78 is 10.5. The highest BCUT2D eigenvalue weighted by atomic mass is 16.5. The van der Waals surface area contributed by atoms with Gasteiger partial charge in [-0.3, -0.25) is 4.79 Å². The number of nitrogens with zero attached hydrogens (tertiary/aromatic N) is 2. The summed E-state index contributed by atoms with van der Waals surface area (Å²) in [6, 6.07) is 0.361. The molecule has 1 aromatic heterocycles. The minimum absolute atomic E-state index is 0.103. The van der Waals surface area contributed by atoms with Crippen LogP contribution >= 0.6 is 0 Å². The fraction of sp³-hybridized carbons (Fsp3) is 0.714. The highest BCUT2D eigenvalue weighted by Gasteiger charge is 2.26. The van der Waals surface area contributed by atoms with Crippen molar-refractivity contribution >= 4 is 5.91 Å². The van der Waals surface area contributed by atoms with Crippen LogP contribution in [0.4, 0.5) is 0 Å². The minimum atomic E-state index is -0.103. The molecule has 1 unspecified atom stereocenters. The van der Waals surface area contributed by atoms with E-state index in [1.807, 2.05) is 0 Å². The summed E-state index contributed by atoms with van der Waals surface area (Å²) in [6.45, 7) is 6.34. The lowest BCUT2D eigenvalue weighted by molar-refractivity contribution is 0.0646. The zero-order valence-electron chi connectivity index (χ0n) is 12.4. The lowest BCUT2D eigenvalue weighted by Gasteiger charge is -2.24. The molecule has 1 atom stereocenters. The van der Waals surface area contributed by atoms with Gasteiger partial charge in [0, 0.05) is 33.2 Å². The van der Waals surface area contributed by atoms with Crippen molar-refractivity contribution in [3.63, 3.8) is 0 Å². The molecular weight excluding hydrogens is 258 g/mol. The Labute approximate surface area is 119 Å². The van der Waals surface area contributed by atoms with Crippen LogP contribution in [-0.2, 0) is 4.74 Å². The van der Waals surface area contributed by atoms with E-state index in [-0.39, 0.29) is 5.91 Å². The largest absolute Gasteiger partial charge is 0.436 e. The lowest BCUT2D eigenvalue weighted by atomic mass is 10.2. The third kappa shape index (κ3) is 3.58. The summed E-state index contributed by atoms with van der Waals surface area (Å²) in [4.78, 5) is 18.5. The Morgan fingerprint density at radius 3 is 2.90 bits per heavy atom. The van der Waals surface area contributed by atoms with Gasteiger partial charge in [0.05, 0.1) is 12.3 Å². The van der Waals surface area contributed by atoms with Crippen molar-refractivity contribution in [2.24, 2.45) is 0 Å². The van der Waals surface area contributed by atoms with Crippen LogP contribution in [0.2, 0.25) is 0 Å². The molecule has 0 spiro atoms. The molecule has 1 fully saturated rings. The summed E-state index contributed by atoms with van der Waals surface area (Å²) in [5.74, 6) is 0.766. The van der Waals surface area contributed by atoms with Gasteiger partial charge in [-0.25, -0.2) is 4.98 Å². The molecule has 0 bridgehead atoms. The Hall–Kier alpha value is -1.40. The van der Waals surface area contributed by atoms with E-state index in [9.17, 15) is 4.79 Å². The molecule has 1 aliphatic rings. The van der Waals surface area contributed by atoms with Crippen molar-refractivity contribution in [2.45, 2.75) is 32.7 Å². The number of hydrogen-bond donors (Lipinski definition) is 1. The quantitative estimate of drug-likeness (QED) is 0.846. The number of nitrogens with one attached hydrogen (secondary N) is 1. The molecule has 1 aromatic rings. The monoisotopic (exact) mass is 281 g/mol. The van der Waals surface area contributed by atoms with Crippen molar-refractivity contribution < 1.29 is 13.9 Å². The van der Waals surface area contributed by atoms with Gasteiger partial charge in [-0.15, -0.1) is 0 Å². The first-order chi connectivity index (χ1) is 9.61. The molecule has 112 valence electrons. The predicted molar refractivity (Wildman–Crippen MR) is 74.8 cm³/mol. The molecule has 2 rings (SSSR count). The van der Waals surface area contributed by atoms with Gasteiger partial charge in [0.15, 0.2) is 5.89 Å². The molecule has 6 nitrogen and oxygen atoms in total. The number of hydrogen-bond acceptors (Lipinski definition) is 5. The fourth-order valence-corrected chi connectivity index (χ4v) is 2.53. The van der Waals surface area contributed by atoms with E-state index in [2.05, 4.69) is 10.3 Å². The molecule has 0 aromatic carbocycles. The van der Waals surface area contributed by atoms with E-state index >= 15 is 0 Å². The van der Waals surface area contributed by atoms with Crippen molar-refractivity contribution in [2.75, 3.05) is 33.4 Å². The Morgan fingerprint density at radius 1 is 1.55 bits per heavy atom. The predicted octanol–water partition coefficient (Wildman–Crippen LogP) is 1.13. The molecule has 1 amide bonds. The maximum Gasteiger partial charge on any atom is 0.291 e. The van der Waals surface area contributed by atoms with Gasteiger partial charge in [-0.05, 0) is 26.3 Å². The normalized spacial score (nSPS) is 18.4. The van der Waals surface area contributed by atoms with Crippen molar-refractivity contribution in [1.82, 2.24) is 15.2 Å². The molecule has 20 heavy (non-hydrogen) atoms. The van der Waals surface area contributed by atoms with Crippen LogP contribution in [0.1, 0.15) is 35.0 Å². The molecule has 1 saturated heterocycles. The van der Waals surface area contributed by atoms with Crippen LogP contribution in [0.5, 0.6) is 0 Å². The van der Waals surface area contributed by atoms with E-state index in [1.54, 1.807) is 25.9 Å². The first-order valence-corrected chi connectivity index (χ1v) is 7.07. The summed E-state index contributed by atoms with van der Waals surface area (Å²) in [5.41, 5.74) is 0.647. The van der Waals surface area contributed by atoms with Crippen LogP contribution in [-0.4, -0.2) is 55.2 Å². The molecule has 0 radical (unpaired) electrons. The van der Waals surface area contributed by atoms with Gasteiger partial charge in [-0.2, -0.15) is 0 Å². The van der Waals surface area contributed by atoms with Crippen molar-refractivity contribution in [3.05, 3.63) is 17.3 Å². The van der Waals surface area contributed by atoms with E-state index in [0.29, 0.717) is 43.1 Å². The number of amides is 1. The minimum Gasteiger partial charge on any atom is -0.436 e. The summed E-state index contributed by atoms with van der Waals surface area (Å²) in [6.07, 6.45) is 2.27. The number of rotatable bonds is 6. The summed E-state index contributed by atoms with van der Waals surface area (Å²) >= 11 is 0. The molecular formula is C14H23N3O3. The van der Waals surface area contributed by atoms with Crippen LogP contribution in [0.15, 0.2) is 4.42 Å². The third-order valence-electron chi connectivity index (χ3n) is 3.55. The highest BCUT2D eigenvalue weighted by molar-refractivity contribution is 5.92. The smallest absolute Gasteiger partial charge is 0.291 e. The molecule has 0 saturated carbocycles. The van der Waals surface area contributed by atoms with E-state index in [0.717, 1.165) is 19.4 Å². The number of aromatic nitrogens is 1. The van der Waals surface area contributed by atoms with E-state index in [4.69, 9.17) is 9.15 Å². The van der Waals surface area contributed by atoms with E-state index in [1.165, 1.54) is 0 Å². The molecule has 0 aliphatic carbocycles. The summed E-state index contributed by atoms with van der Waals surface area (Å²) in [7, 11) is 1.64. The molecule has 1 aliphatic heterocycles. The zero-order valence-corrected chi connectivity index (χ0v) is 12.4. The van der Waals surface area contributed by atoms with Gasteiger partial charge in [-0.1, -0.05) is 0 Å². The van der Waals surface area contributed by atoms with Crippen molar-refractivity contribution in [3.8, 4) is 0 Å². The fourth-order valence-electron chi connectivity index (χ4n) is 2.53. The summed E-state index contributed by atoms with van der Waals surface area (Å²) in [5, 5.41) is 3.41. The third-order valence-corrected chi connectivity index (χ3v) is 3.55. The second-order valence-corrected chi connectivity index (χ2v) is 5.18. The second kappa shape index (κ2) is 6.85. The first-order valence-electron chi connectivity index (χ1n) is 7.07. The number of methoxy groups -OCH3 is 1. The first kappa shape index (κ1) is 15.0. The maximum atomic E-state index is 12.6. The standard InChI is InChI=1S/C14H23N3O3/c1-10-13(20-11(2)16-10)14(18)17(7-8-19-3)9-12-5-4-6-15-12/h12,15H,4-9H2,1-3H3. The van der Waals surface area contributed by atoms with Crippen LogP contribution in [0.3, 0.4) is 0 Å². The van der Waals surface area contributed by atoms with Gasteiger partial charge in [0.1, 0.15) is 0 Å². The van der Waals surface area contributed by atoms with Crippen LogP contribution < -0.4 is 5.32 Å². The molecule has 6 heteroatoms. The lowest BCUT2D eigenvalue weighted by Crippen LogP contribution is -2.42. The van der Waals surface area contributed by atoms with Gasteiger partial charge in [0.2, 0.25) is 5.76 Å². The van der Waals surface area contributed by atoms with Crippen molar-refractivity contribution in [1.29, 1.82) is 0 Å². The van der Waals surface area contributed by atoms with Crippen LogP contribution in [0.25, 0.3) is 0 Å². The second-order valence-electron chi connectivity index (χ2n) is 5.18. The Balaban J connectivity index is 2.07. The van der Waals surface area contributed by atoms with Gasteiger partial charge >= 0.3 is 0 Å². The van der Waals surface area contributed by atoms with E-state index < -0.39 is 0 Å². The average Bonchev–Trinajstić information content (AvgIpc) is 3.03.